The molecule has 0 bridgehead atoms. The Labute approximate surface area is 110 Å². The quantitative estimate of drug-likeness (QED) is 0.884. The molecule has 2 rings (SSSR count). The van der Waals surface area contributed by atoms with Crippen molar-refractivity contribution in [3.05, 3.63) is 35.4 Å². The second-order valence-electron chi connectivity index (χ2n) is 5.19. The molecule has 1 aliphatic rings. The summed E-state index contributed by atoms with van der Waals surface area (Å²) in [5, 5.41) is 11.7. The van der Waals surface area contributed by atoms with Gasteiger partial charge in [-0.15, -0.1) is 0 Å². The first-order valence-corrected chi connectivity index (χ1v) is 6.41. The van der Waals surface area contributed by atoms with Gasteiger partial charge in [0, 0.05) is 12.6 Å². The van der Waals surface area contributed by atoms with Gasteiger partial charge in [0.05, 0.1) is 0 Å². The van der Waals surface area contributed by atoms with Crippen LogP contribution in [-0.2, 0) is 0 Å². The molecule has 106 valence electrons. The normalized spacial score (nSPS) is 24.9. The highest BCUT2D eigenvalue weighted by Gasteiger charge is 2.39. The number of rotatable bonds is 4. The standard InChI is InChI=1S/C14H18F3NO/c1-9-4-2-3-5-12(9)10-6-11(7-10)18-8-13(19)14(15,16)17/h2-5,10-11,13,18-19H,6-8H2,1H3. The molecule has 0 aromatic heterocycles. The van der Waals surface area contributed by atoms with Gasteiger partial charge in [-0.25, -0.2) is 0 Å². The van der Waals surface area contributed by atoms with Gasteiger partial charge < -0.3 is 10.4 Å². The molecule has 0 radical (unpaired) electrons. The molecule has 0 aliphatic heterocycles. The minimum Gasteiger partial charge on any atom is -0.382 e. The van der Waals surface area contributed by atoms with Crippen molar-refractivity contribution >= 4 is 0 Å². The van der Waals surface area contributed by atoms with Gasteiger partial charge in [-0.3, -0.25) is 0 Å². The number of hydrogen-bond acceptors (Lipinski definition) is 2. The fourth-order valence-electron chi connectivity index (χ4n) is 2.48. The Morgan fingerprint density at radius 3 is 2.53 bits per heavy atom. The highest BCUT2D eigenvalue weighted by Crippen LogP contribution is 2.38. The third-order valence-corrected chi connectivity index (χ3v) is 3.74. The lowest BCUT2D eigenvalue weighted by Gasteiger charge is -2.37. The minimum atomic E-state index is -4.54. The maximum atomic E-state index is 12.1. The van der Waals surface area contributed by atoms with Crippen molar-refractivity contribution < 1.29 is 18.3 Å². The number of nitrogens with one attached hydrogen (secondary N) is 1. The molecule has 1 aromatic carbocycles. The van der Waals surface area contributed by atoms with E-state index in [2.05, 4.69) is 11.4 Å². The molecule has 1 unspecified atom stereocenters. The number of aliphatic hydroxyl groups is 1. The van der Waals surface area contributed by atoms with E-state index in [0.717, 1.165) is 12.8 Å². The highest BCUT2D eigenvalue weighted by atomic mass is 19.4. The number of halogens is 3. The van der Waals surface area contributed by atoms with Gasteiger partial charge in [0.25, 0.3) is 0 Å². The molecule has 1 aromatic rings. The van der Waals surface area contributed by atoms with Gasteiger partial charge in [-0.05, 0) is 36.8 Å². The largest absolute Gasteiger partial charge is 0.415 e. The highest BCUT2D eigenvalue weighted by molar-refractivity contribution is 5.31. The van der Waals surface area contributed by atoms with Crippen LogP contribution in [0.1, 0.15) is 29.9 Å². The third kappa shape index (κ3) is 3.48. The summed E-state index contributed by atoms with van der Waals surface area (Å²) >= 11 is 0. The van der Waals surface area contributed by atoms with Crippen LogP contribution in [0, 0.1) is 6.92 Å². The van der Waals surface area contributed by atoms with E-state index in [-0.39, 0.29) is 6.04 Å². The van der Waals surface area contributed by atoms with Crippen LogP contribution >= 0.6 is 0 Å². The van der Waals surface area contributed by atoms with E-state index in [1.807, 2.05) is 25.1 Å². The first-order chi connectivity index (χ1) is 8.88. The summed E-state index contributed by atoms with van der Waals surface area (Å²) in [5.74, 6) is 0.418. The van der Waals surface area contributed by atoms with Gasteiger partial charge >= 0.3 is 6.18 Å². The van der Waals surface area contributed by atoms with E-state index in [0.29, 0.717) is 5.92 Å². The molecule has 5 heteroatoms. The Kier molecular flexibility index (Phi) is 4.16. The number of aryl methyl sites for hydroxylation is 1. The van der Waals surface area contributed by atoms with Crippen molar-refractivity contribution in [3.63, 3.8) is 0 Å². The van der Waals surface area contributed by atoms with E-state index in [4.69, 9.17) is 5.11 Å². The molecule has 19 heavy (non-hydrogen) atoms. The number of aliphatic hydroxyl groups excluding tert-OH is 1. The number of hydrogen-bond donors (Lipinski definition) is 2. The molecular weight excluding hydrogens is 255 g/mol. The Morgan fingerprint density at radius 2 is 1.95 bits per heavy atom. The van der Waals surface area contributed by atoms with E-state index in [1.165, 1.54) is 11.1 Å². The van der Waals surface area contributed by atoms with Crippen LogP contribution in [0.2, 0.25) is 0 Å². The number of benzene rings is 1. The first kappa shape index (κ1) is 14.3. The lowest BCUT2D eigenvalue weighted by atomic mass is 9.74. The van der Waals surface area contributed by atoms with Gasteiger partial charge in [0.2, 0.25) is 0 Å². The van der Waals surface area contributed by atoms with E-state index in [1.54, 1.807) is 0 Å². The number of alkyl halides is 3. The average Bonchev–Trinajstić information content (AvgIpc) is 2.27. The Bertz CT molecular complexity index is 427. The van der Waals surface area contributed by atoms with Crippen LogP contribution in [0.4, 0.5) is 13.2 Å². The van der Waals surface area contributed by atoms with Gasteiger partial charge in [0.15, 0.2) is 6.10 Å². The van der Waals surface area contributed by atoms with Crippen molar-refractivity contribution in [1.29, 1.82) is 0 Å². The summed E-state index contributed by atoms with van der Waals surface area (Å²) in [6, 6.07) is 8.15. The SMILES string of the molecule is Cc1ccccc1C1CC(NCC(O)C(F)(F)F)C1. The molecule has 0 heterocycles. The molecule has 1 fully saturated rings. The lowest BCUT2D eigenvalue weighted by molar-refractivity contribution is -0.202. The molecule has 2 N–H and O–H groups in total. The van der Waals surface area contributed by atoms with Gasteiger partial charge in [0.1, 0.15) is 0 Å². The summed E-state index contributed by atoms with van der Waals surface area (Å²) in [7, 11) is 0. The van der Waals surface area contributed by atoms with Crippen LogP contribution in [-0.4, -0.2) is 30.0 Å². The summed E-state index contributed by atoms with van der Waals surface area (Å²) in [5.41, 5.74) is 2.50. The van der Waals surface area contributed by atoms with E-state index in [9.17, 15) is 13.2 Å². The Morgan fingerprint density at radius 1 is 1.32 bits per heavy atom. The first-order valence-electron chi connectivity index (χ1n) is 6.41. The van der Waals surface area contributed by atoms with E-state index < -0.39 is 18.8 Å². The molecule has 1 atom stereocenters. The van der Waals surface area contributed by atoms with Crippen LogP contribution in [0.15, 0.2) is 24.3 Å². The van der Waals surface area contributed by atoms with Gasteiger partial charge in [-0.2, -0.15) is 13.2 Å². The lowest BCUT2D eigenvalue weighted by Crippen LogP contribution is -2.47. The van der Waals surface area contributed by atoms with Gasteiger partial charge in [-0.1, -0.05) is 24.3 Å². The second-order valence-corrected chi connectivity index (χ2v) is 5.19. The Hall–Kier alpha value is -1.07. The molecule has 0 spiro atoms. The molecule has 0 saturated heterocycles. The van der Waals surface area contributed by atoms with Crippen LogP contribution in [0.25, 0.3) is 0 Å². The van der Waals surface area contributed by atoms with Crippen molar-refractivity contribution in [2.45, 2.75) is 44.0 Å². The van der Waals surface area contributed by atoms with E-state index >= 15 is 0 Å². The summed E-state index contributed by atoms with van der Waals surface area (Å²) in [6.07, 6.45) is -5.15. The molecule has 1 saturated carbocycles. The zero-order chi connectivity index (χ0) is 14.0. The van der Waals surface area contributed by atoms with Crippen molar-refractivity contribution in [2.75, 3.05) is 6.54 Å². The maximum absolute atomic E-state index is 12.1. The summed E-state index contributed by atoms with van der Waals surface area (Å²) < 4.78 is 36.4. The second kappa shape index (κ2) is 5.51. The van der Waals surface area contributed by atoms with Crippen LogP contribution in [0.5, 0.6) is 0 Å². The van der Waals surface area contributed by atoms with Crippen molar-refractivity contribution in [1.82, 2.24) is 5.32 Å². The van der Waals surface area contributed by atoms with Crippen molar-refractivity contribution in [2.24, 2.45) is 0 Å². The monoisotopic (exact) mass is 273 g/mol. The average molecular weight is 273 g/mol. The van der Waals surface area contributed by atoms with Crippen molar-refractivity contribution in [3.8, 4) is 0 Å². The molecule has 2 nitrogen and oxygen atoms in total. The van der Waals surface area contributed by atoms with Crippen LogP contribution < -0.4 is 5.32 Å². The minimum absolute atomic E-state index is 0.0709. The summed E-state index contributed by atoms with van der Waals surface area (Å²) in [4.78, 5) is 0. The Balaban J connectivity index is 1.77. The predicted octanol–water partition coefficient (Wildman–Crippen LogP) is 2.75. The smallest absolute Gasteiger partial charge is 0.382 e. The predicted molar refractivity (Wildman–Crippen MR) is 67.0 cm³/mol. The topological polar surface area (TPSA) is 32.3 Å². The third-order valence-electron chi connectivity index (χ3n) is 3.74. The zero-order valence-electron chi connectivity index (χ0n) is 10.7. The fourth-order valence-corrected chi connectivity index (χ4v) is 2.48. The molecule has 0 amide bonds. The molecule has 1 aliphatic carbocycles. The zero-order valence-corrected chi connectivity index (χ0v) is 10.7. The summed E-state index contributed by atoms with van der Waals surface area (Å²) in [6.45, 7) is 1.62. The molecular formula is C14H18F3NO. The fraction of sp³-hybridized carbons (Fsp3) is 0.571. The maximum Gasteiger partial charge on any atom is 0.415 e. The van der Waals surface area contributed by atoms with Crippen LogP contribution in [0.3, 0.4) is 0 Å².